The molecule has 0 atom stereocenters. The zero-order valence-electron chi connectivity index (χ0n) is 12.7. The minimum Gasteiger partial charge on any atom is -0.355 e. The Labute approximate surface area is 129 Å². The maximum atomic E-state index is 12.1. The Hall–Kier alpha value is -2.21. The largest absolute Gasteiger partial charge is 0.355 e. The third-order valence-electron chi connectivity index (χ3n) is 3.49. The molecular weight excluding hydrogens is 282 g/mol. The zero-order valence-corrected chi connectivity index (χ0v) is 12.7. The summed E-state index contributed by atoms with van der Waals surface area (Å²) in [7, 11) is 0. The molecule has 0 radical (unpaired) electrons. The number of imide groups is 1. The highest BCUT2D eigenvalue weighted by Crippen LogP contribution is 2.22. The van der Waals surface area contributed by atoms with E-state index in [1.807, 2.05) is 0 Å². The Bertz CT molecular complexity index is 537. The van der Waals surface area contributed by atoms with Crippen LogP contribution in [-0.4, -0.2) is 48.8 Å². The third-order valence-corrected chi connectivity index (χ3v) is 3.49. The van der Waals surface area contributed by atoms with Gasteiger partial charge in [0, 0.05) is 26.1 Å². The first-order valence-electron chi connectivity index (χ1n) is 7.57. The number of nitrogens with one attached hydrogen (secondary N) is 2. The number of rotatable bonds is 8. The molecule has 2 N–H and O–H groups in total. The first-order chi connectivity index (χ1) is 10.6. The molecule has 6 nitrogen and oxygen atoms in total. The lowest BCUT2D eigenvalue weighted by Crippen LogP contribution is -2.36. The lowest BCUT2D eigenvalue weighted by atomic mass is 10.1. The van der Waals surface area contributed by atoms with E-state index in [9.17, 15) is 14.4 Å². The lowest BCUT2D eigenvalue weighted by molar-refractivity contribution is -0.121. The van der Waals surface area contributed by atoms with E-state index < -0.39 is 0 Å². The van der Waals surface area contributed by atoms with Gasteiger partial charge in [0.2, 0.25) is 5.91 Å². The number of hydrogen-bond acceptors (Lipinski definition) is 4. The molecule has 0 unspecified atom stereocenters. The predicted octanol–water partition coefficient (Wildman–Crippen LogP) is 0.788. The lowest BCUT2D eigenvalue weighted by Gasteiger charge is -2.13. The van der Waals surface area contributed by atoms with Gasteiger partial charge >= 0.3 is 0 Å². The van der Waals surface area contributed by atoms with Crippen LogP contribution in [0.25, 0.3) is 0 Å². The van der Waals surface area contributed by atoms with Crippen molar-refractivity contribution >= 4 is 17.7 Å². The highest BCUT2D eigenvalue weighted by molar-refractivity contribution is 6.21. The fourth-order valence-corrected chi connectivity index (χ4v) is 2.34. The summed E-state index contributed by atoms with van der Waals surface area (Å²) in [6, 6.07) is 6.72. The second-order valence-corrected chi connectivity index (χ2v) is 5.16. The van der Waals surface area contributed by atoms with Crippen LogP contribution in [0.4, 0.5) is 0 Å². The Morgan fingerprint density at radius 2 is 1.68 bits per heavy atom. The van der Waals surface area contributed by atoms with Crippen molar-refractivity contribution in [2.75, 3.05) is 26.2 Å². The van der Waals surface area contributed by atoms with E-state index >= 15 is 0 Å². The van der Waals surface area contributed by atoms with Crippen molar-refractivity contribution in [2.45, 2.75) is 19.8 Å². The van der Waals surface area contributed by atoms with Gasteiger partial charge in [-0.25, -0.2) is 0 Å². The zero-order chi connectivity index (χ0) is 15.9. The second kappa shape index (κ2) is 7.70. The first-order valence-corrected chi connectivity index (χ1v) is 7.57. The second-order valence-electron chi connectivity index (χ2n) is 5.16. The van der Waals surface area contributed by atoms with Gasteiger partial charge in [-0.15, -0.1) is 0 Å². The fourth-order valence-electron chi connectivity index (χ4n) is 2.34. The van der Waals surface area contributed by atoms with Gasteiger partial charge in [0.25, 0.3) is 11.8 Å². The quantitative estimate of drug-likeness (QED) is 0.550. The topological polar surface area (TPSA) is 78.5 Å². The first kappa shape index (κ1) is 16.2. The third kappa shape index (κ3) is 3.71. The summed E-state index contributed by atoms with van der Waals surface area (Å²) in [6.45, 7) is 4.37. The van der Waals surface area contributed by atoms with E-state index in [0.717, 1.165) is 17.9 Å². The molecule has 6 heteroatoms. The Balaban J connectivity index is 1.77. The molecule has 0 saturated carbocycles. The monoisotopic (exact) mass is 303 g/mol. The average Bonchev–Trinajstić information content (AvgIpc) is 2.77. The van der Waals surface area contributed by atoms with Crippen LogP contribution in [0.3, 0.4) is 0 Å². The molecule has 1 aliphatic heterocycles. The molecule has 0 aromatic heterocycles. The van der Waals surface area contributed by atoms with Crippen LogP contribution in [0.15, 0.2) is 24.3 Å². The van der Waals surface area contributed by atoms with E-state index in [2.05, 4.69) is 17.6 Å². The van der Waals surface area contributed by atoms with E-state index in [-0.39, 0.29) is 30.7 Å². The summed E-state index contributed by atoms with van der Waals surface area (Å²) in [5, 5.41) is 5.95. The molecule has 1 aliphatic rings. The van der Waals surface area contributed by atoms with Crippen LogP contribution in [0.2, 0.25) is 0 Å². The molecule has 3 amide bonds. The van der Waals surface area contributed by atoms with E-state index in [0.29, 0.717) is 24.2 Å². The van der Waals surface area contributed by atoms with Gasteiger partial charge in [-0.05, 0) is 25.1 Å². The Kier molecular flexibility index (Phi) is 5.66. The molecule has 0 bridgehead atoms. The smallest absolute Gasteiger partial charge is 0.261 e. The minimum atomic E-state index is -0.321. The van der Waals surface area contributed by atoms with E-state index in [1.54, 1.807) is 24.3 Å². The van der Waals surface area contributed by atoms with Gasteiger partial charge in [0.05, 0.1) is 11.1 Å². The van der Waals surface area contributed by atoms with E-state index in [4.69, 9.17) is 0 Å². The maximum absolute atomic E-state index is 12.1. The van der Waals surface area contributed by atoms with Crippen molar-refractivity contribution in [3.63, 3.8) is 0 Å². The number of hydrogen-bond donors (Lipinski definition) is 2. The van der Waals surface area contributed by atoms with Gasteiger partial charge in [-0.3, -0.25) is 19.3 Å². The summed E-state index contributed by atoms with van der Waals surface area (Å²) in [4.78, 5) is 37.1. The van der Waals surface area contributed by atoms with Gasteiger partial charge < -0.3 is 10.6 Å². The number of benzene rings is 1. The van der Waals surface area contributed by atoms with Crippen molar-refractivity contribution in [1.29, 1.82) is 0 Å². The number of fused-ring (bicyclic) bond motifs is 1. The van der Waals surface area contributed by atoms with Crippen LogP contribution in [0.5, 0.6) is 0 Å². The summed E-state index contributed by atoms with van der Waals surface area (Å²) in [5.74, 6) is -0.800. The average molecular weight is 303 g/mol. The van der Waals surface area contributed by atoms with Crippen molar-refractivity contribution in [2.24, 2.45) is 0 Å². The number of nitrogens with zero attached hydrogens (tertiary/aromatic N) is 1. The molecule has 0 spiro atoms. The molecule has 0 saturated heterocycles. The van der Waals surface area contributed by atoms with Crippen molar-refractivity contribution < 1.29 is 14.4 Å². The highest BCUT2D eigenvalue weighted by Gasteiger charge is 2.34. The number of amides is 3. The molecule has 0 aliphatic carbocycles. The minimum absolute atomic E-state index is 0.112. The summed E-state index contributed by atoms with van der Waals surface area (Å²) in [5.41, 5.74) is 0.827. The normalized spacial score (nSPS) is 13.4. The van der Waals surface area contributed by atoms with E-state index in [1.165, 1.54) is 0 Å². The Morgan fingerprint density at radius 1 is 1.05 bits per heavy atom. The fraction of sp³-hybridized carbons (Fsp3) is 0.438. The SMILES string of the molecule is CCCNCCNC(=O)CCN1C(=O)c2ccccc2C1=O. The molecule has 22 heavy (non-hydrogen) atoms. The number of carbonyl (C=O) groups is 3. The van der Waals surface area contributed by atoms with Crippen molar-refractivity contribution in [1.82, 2.24) is 15.5 Å². The summed E-state index contributed by atoms with van der Waals surface area (Å²) >= 11 is 0. The molecule has 1 aromatic rings. The molecular formula is C16H21N3O3. The molecule has 118 valence electrons. The van der Waals surface area contributed by atoms with Crippen LogP contribution in [0, 0.1) is 0 Å². The van der Waals surface area contributed by atoms with Crippen LogP contribution < -0.4 is 10.6 Å². The van der Waals surface area contributed by atoms with Crippen LogP contribution in [0.1, 0.15) is 40.5 Å². The van der Waals surface area contributed by atoms with Crippen molar-refractivity contribution in [3.05, 3.63) is 35.4 Å². The summed E-state index contributed by atoms with van der Waals surface area (Å²) < 4.78 is 0. The highest BCUT2D eigenvalue weighted by atomic mass is 16.2. The number of carbonyl (C=O) groups excluding carboxylic acids is 3. The van der Waals surface area contributed by atoms with Crippen LogP contribution >= 0.6 is 0 Å². The maximum Gasteiger partial charge on any atom is 0.261 e. The molecule has 1 heterocycles. The van der Waals surface area contributed by atoms with Gasteiger partial charge in [0.1, 0.15) is 0 Å². The van der Waals surface area contributed by atoms with Crippen LogP contribution in [-0.2, 0) is 4.79 Å². The standard InChI is InChI=1S/C16H21N3O3/c1-2-8-17-9-10-18-14(20)7-11-19-15(21)12-5-3-4-6-13(12)16(19)22/h3-6,17H,2,7-11H2,1H3,(H,18,20). The van der Waals surface area contributed by atoms with Crippen molar-refractivity contribution in [3.8, 4) is 0 Å². The predicted molar refractivity (Wildman–Crippen MR) is 82.6 cm³/mol. The molecule has 2 rings (SSSR count). The van der Waals surface area contributed by atoms with Gasteiger partial charge in [0.15, 0.2) is 0 Å². The molecule has 0 fully saturated rings. The summed E-state index contributed by atoms with van der Waals surface area (Å²) in [6.07, 6.45) is 1.17. The molecule has 1 aromatic carbocycles. The van der Waals surface area contributed by atoms with Gasteiger partial charge in [-0.2, -0.15) is 0 Å². The Morgan fingerprint density at radius 3 is 2.27 bits per heavy atom. The van der Waals surface area contributed by atoms with Gasteiger partial charge in [-0.1, -0.05) is 19.1 Å².